The topological polar surface area (TPSA) is 89.9 Å². The molecule has 5 rings (SSSR count). The molecule has 3 fully saturated rings. The van der Waals surface area contributed by atoms with Gasteiger partial charge in [0.1, 0.15) is 18.0 Å². The number of aliphatic hydroxyl groups is 1. The second-order valence-corrected chi connectivity index (χ2v) is 12.7. The van der Waals surface area contributed by atoms with E-state index in [9.17, 15) is 19.5 Å². The fourth-order valence-electron chi connectivity index (χ4n) is 9.38. The summed E-state index contributed by atoms with van der Waals surface area (Å²) in [4.78, 5) is 38.1. The second kappa shape index (κ2) is 9.11. The molecular weight excluding hydrogens is 456 g/mol. The molecule has 0 radical (unpaired) electrons. The molecule has 6 nitrogen and oxygen atoms in total. The van der Waals surface area contributed by atoms with Crippen LogP contribution in [-0.2, 0) is 23.9 Å². The van der Waals surface area contributed by atoms with Crippen molar-refractivity contribution in [2.75, 3.05) is 6.61 Å². The number of ether oxygens (including phenoxy) is 2. The molecule has 1 N–H and O–H groups in total. The van der Waals surface area contributed by atoms with Crippen LogP contribution in [0.4, 0.5) is 0 Å². The highest BCUT2D eigenvalue weighted by Crippen LogP contribution is 2.67. The summed E-state index contributed by atoms with van der Waals surface area (Å²) in [6, 6.07) is 0. The standard InChI is InChI=1S/C30H42O6/c1-16-13-24(36-28(34)21(16)15-31)17(2)27-25(35-18(3)32)14-23-20-10-9-19-7-6-8-26(33)30(19,5)22(20)11-12-29(23,27)4/h9,17,20,22-25,27,31H,6-8,10-15H2,1-5H3/t17-,20-,22+,23+,24-,25-,27+,29+,30+/m1/s1. The number of carbonyl (C=O) groups excluding carboxylic acids is 3. The number of hydrogen-bond acceptors (Lipinski definition) is 6. The van der Waals surface area contributed by atoms with Gasteiger partial charge in [0.05, 0.1) is 17.6 Å². The van der Waals surface area contributed by atoms with Crippen molar-refractivity contribution in [3.05, 3.63) is 22.8 Å². The van der Waals surface area contributed by atoms with Crippen LogP contribution < -0.4 is 0 Å². The van der Waals surface area contributed by atoms with Crippen molar-refractivity contribution < 1.29 is 29.0 Å². The Hall–Kier alpha value is -1.95. The van der Waals surface area contributed by atoms with Crippen LogP contribution in [0.2, 0.25) is 0 Å². The summed E-state index contributed by atoms with van der Waals surface area (Å²) in [7, 11) is 0. The van der Waals surface area contributed by atoms with E-state index in [1.807, 2.05) is 6.92 Å². The van der Waals surface area contributed by atoms with Crippen LogP contribution in [0.15, 0.2) is 22.8 Å². The number of cyclic esters (lactones) is 1. The first kappa shape index (κ1) is 25.7. The van der Waals surface area contributed by atoms with Crippen molar-refractivity contribution in [3.8, 4) is 0 Å². The number of esters is 2. The molecule has 0 amide bonds. The lowest BCUT2D eigenvalue weighted by Gasteiger charge is -2.57. The molecular formula is C30H42O6. The second-order valence-electron chi connectivity index (χ2n) is 12.7. The first-order chi connectivity index (χ1) is 17.0. The Labute approximate surface area is 214 Å². The maximum atomic E-state index is 13.3. The van der Waals surface area contributed by atoms with Gasteiger partial charge < -0.3 is 14.6 Å². The third kappa shape index (κ3) is 3.73. The summed E-state index contributed by atoms with van der Waals surface area (Å²) in [5.41, 5.74) is 2.19. The predicted molar refractivity (Wildman–Crippen MR) is 135 cm³/mol. The van der Waals surface area contributed by atoms with Crippen molar-refractivity contribution in [1.29, 1.82) is 0 Å². The minimum Gasteiger partial charge on any atom is -0.462 e. The Balaban J connectivity index is 1.48. The minimum atomic E-state index is -0.431. The van der Waals surface area contributed by atoms with E-state index >= 15 is 0 Å². The van der Waals surface area contributed by atoms with E-state index in [0.717, 1.165) is 44.1 Å². The molecule has 198 valence electrons. The summed E-state index contributed by atoms with van der Waals surface area (Å²) < 4.78 is 11.9. The Kier molecular flexibility index (Phi) is 6.50. The van der Waals surface area contributed by atoms with Crippen LogP contribution in [0.25, 0.3) is 0 Å². The monoisotopic (exact) mass is 498 g/mol. The first-order valence-electron chi connectivity index (χ1n) is 13.9. The zero-order valence-corrected chi connectivity index (χ0v) is 22.5. The van der Waals surface area contributed by atoms with Crippen molar-refractivity contribution >= 4 is 17.7 Å². The minimum absolute atomic E-state index is 0.00151. The van der Waals surface area contributed by atoms with Gasteiger partial charge in [0.15, 0.2) is 0 Å². The molecule has 6 heteroatoms. The first-order valence-corrected chi connectivity index (χ1v) is 13.9. The zero-order valence-electron chi connectivity index (χ0n) is 22.5. The van der Waals surface area contributed by atoms with Gasteiger partial charge in [-0.3, -0.25) is 9.59 Å². The van der Waals surface area contributed by atoms with E-state index in [4.69, 9.17) is 9.47 Å². The molecule has 0 aromatic rings. The van der Waals surface area contributed by atoms with Gasteiger partial charge in [-0.2, -0.15) is 0 Å². The van der Waals surface area contributed by atoms with Crippen molar-refractivity contribution in [2.24, 2.45) is 40.4 Å². The van der Waals surface area contributed by atoms with Crippen molar-refractivity contribution in [2.45, 2.75) is 98.2 Å². The Morgan fingerprint density at radius 1 is 1.25 bits per heavy atom. The highest BCUT2D eigenvalue weighted by Gasteiger charge is 2.64. The summed E-state index contributed by atoms with van der Waals surface area (Å²) in [5.74, 6) is 0.868. The van der Waals surface area contributed by atoms with Crippen LogP contribution in [0.1, 0.15) is 86.0 Å². The van der Waals surface area contributed by atoms with Gasteiger partial charge in [-0.05, 0) is 75.5 Å². The largest absolute Gasteiger partial charge is 0.462 e. The van der Waals surface area contributed by atoms with Gasteiger partial charge in [0.2, 0.25) is 0 Å². The molecule has 0 spiro atoms. The van der Waals surface area contributed by atoms with Crippen LogP contribution in [-0.4, -0.2) is 41.6 Å². The number of Topliss-reactive ketones (excluding diaryl/α,β-unsaturated/α-hetero) is 1. The highest BCUT2D eigenvalue weighted by molar-refractivity contribution is 5.90. The van der Waals surface area contributed by atoms with E-state index in [1.54, 1.807) is 0 Å². The van der Waals surface area contributed by atoms with Crippen LogP contribution >= 0.6 is 0 Å². The maximum Gasteiger partial charge on any atom is 0.336 e. The van der Waals surface area contributed by atoms with Gasteiger partial charge in [0.25, 0.3) is 0 Å². The summed E-state index contributed by atoms with van der Waals surface area (Å²) in [5, 5.41) is 9.59. The SMILES string of the molecule is CC(=O)O[C@@H]1C[C@H]2[C@@H]3CC=C4CCCC(=O)[C@]4(C)[C@H]3CC[C@]2(C)[C@H]1[C@H](C)[C@H]1CC(C)=C(CO)C(=O)O1. The lowest BCUT2D eigenvalue weighted by Crippen LogP contribution is -2.53. The number of ketones is 1. The van der Waals surface area contributed by atoms with E-state index < -0.39 is 5.97 Å². The van der Waals surface area contributed by atoms with Crippen LogP contribution in [0.3, 0.4) is 0 Å². The maximum absolute atomic E-state index is 13.3. The van der Waals surface area contributed by atoms with Gasteiger partial charge in [-0.15, -0.1) is 0 Å². The molecule has 1 aliphatic heterocycles. The number of allylic oxidation sites excluding steroid dienone is 2. The van der Waals surface area contributed by atoms with E-state index in [2.05, 4.69) is 26.8 Å². The third-order valence-corrected chi connectivity index (χ3v) is 11.2. The van der Waals surface area contributed by atoms with Gasteiger partial charge in [-0.1, -0.05) is 31.1 Å². The highest BCUT2D eigenvalue weighted by atomic mass is 16.6. The number of fused-ring (bicyclic) bond motifs is 5. The average Bonchev–Trinajstić information content (AvgIpc) is 3.10. The van der Waals surface area contributed by atoms with Gasteiger partial charge in [0, 0.05) is 31.6 Å². The zero-order chi connectivity index (χ0) is 26.0. The van der Waals surface area contributed by atoms with Crippen LogP contribution in [0.5, 0.6) is 0 Å². The van der Waals surface area contributed by atoms with E-state index in [0.29, 0.717) is 42.0 Å². The molecule has 0 aromatic heterocycles. The molecule has 5 aliphatic rings. The predicted octanol–water partition coefficient (Wildman–Crippen LogP) is 4.94. The van der Waals surface area contributed by atoms with Crippen molar-refractivity contribution in [1.82, 2.24) is 0 Å². The number of aliphatic hydroxyl groups excluding tert-OH is 1. The van der Waals surface area contributed by atoms with Crippen LogP contribution in [0, 0.1) is 40.4 Å². The molecule has 0 aromatic carbocycles. The molecule has 3 saturated carbocycles. The average molecular weight is 499 g/mol. The molecule has 0 saturated heterocycles. The fraction of sp³-hybridized carbons (Fsp3) is 0.767. The molecule has 36 heavy (non-hydrogen) atoms. The summed E-state index contributed by atoms with van der Waals surface area (Å²) in [6.45, 7) is 9.77. The number of hydrogen-bond donors (Lipinski definition) is 1. The molecule has 0 unspecified atom stereocenters. The summed E-state index contributed by atoms with van der Waals surface area (Å²) in [6.07, 6.45) is 8.92. The Morgan fingerprint density at radius 2 is 2.00 bits per heavy atom. The quantitative estimate of drug-likeness (QED) is 0.436. The van der Waals surface area contributed by atoms with Crippen molar-refractivity contribution in [3.63, 3.8) is 0 Å². The molecule has 1 heterocycles. The lowest BCUT2D eigenvalue weighted by molar-refractivity contribution is -0.160. The van der Waals surface area contributed by atoms with E-state index in [1.165, 1.54) is 12.5 Å². The number of carbonyl (C=O) groups is 3. The van der Waals surface area contributed by atoms with Gasteiger partial charge >= 0.3 is 11.9 Å². The Morgan fingerprint density at radius 3 is 2.67 bits per heavy atom. The Bertz CT molecular complexity index is 1020. The lowest BCUT2D eigenvalue weighted by atomic mass is 9.46. The normalized spacial score (nSPS) is 43.1. The smallest absolute Gasteiger partial charge is 0.336 e. The van der Waals surface area contributed by atoms with Gasteiger partial charge in [-0.25, -0.2) is 4.79 Å². The molecule has 4 aliphatic carbocycles. The molecule has 9 atom stereocenters. The van der Waals surface area contributed by atoms with E-state index in [-0.39, 0.29) is 47.4 Å². The number of rotatable bonds is 4. The molecule has 0 bridgehead atoms. The summed E-state index contributed by atoms with van der Waals surface area (Å²) >= 11 is 0. The fourth-order valence-corrected chi connectivity index (χ4v) is 9.38. The third-order valence-electron chi connectivity index (χ3n) is 11.2.